The maximum atomic E-state index is 13.6. The first-order chi connectivity index (χ1) is 7.61. The molecule has 2 atom stereocenters. The Hall–Kier alpha value is -1.62. The van der Waals surface area contributed by atoms with Crippen molar-refractivity contribution in [3.05, 3.63) is 29.6 Å². The van der Waals surface area contributed by atoms with Gasteiger partial charge in [-0.2, -0.15) is 0 Å². The predicted octanol–water partition coefficient (Wildman–Crippen LogP) is 0.723. The highest BCUT2D eigenvalue weighted by atomic mass is 19.1. The van der Waals surface area contributed by atoms with E-state index in [-0.39, 0.29) is 18.1 Å². The molecule has 86 valence electrons. The van der Waals surface area contributed by atoms with Crippen molar-refractivity contribution >= 4 is 5.91 Å². The van der Waals surface area contributed by atoms with Gasteiger partial charge in [-0.1, -0.05) is 0 Å². The lowest BCUT2D eigenvalue weighted by Gasteiger charge is -2.16. The molecule has 4 nitrogen and oxygen atoms in total. The van der Waals surface area contributed by atoms with Gasteiger partial charge in [0.1, 0.15) is 11.6 Å². The highest BCUT2D eigenvalue weighted by Crippen LogP contribution is 2.28. The molecule has 0 aliphatic carbocycles. The lowest BCUT2D eigenvalue weighted by atomic mass is 10.0. The number of methoxy groups -OCH3 is 1. The Kier molecular flexibility index (Phi) is 2.78. The topological polar surface area (TPSA) is 64.3 Å². The average Bonchev–Trinajstić information content (AvgIpc) is 2.58. The van der Waals surface area contributed by atoms with E-state index in [0.717, 1.165) is 0 Å². The summed E-state index contributed by atoms with van der Waals surface area (Å²) in [5.74, 6) is 0.00733. The molecule has 2 rings (SSSR count). The quantitative estimate of drug-likeness (QED) is 0.778. The van der Waals surface area contributed by atoms with Crippen LogP contribution < -0.4 is 15.8 Å². The fourth-order valence-electron chi connectivity index (χ4n) is 1.87. The van der Waals surface area contributed by atoms with Crippen LogP contribution in [-0.4, -0.2) is 19.1 Å². The summed E-state index contributed by atoms with van der Waals surface area (Å²) in [6, 6.07) is 3.54. The second-order valence-electron chi connectivity index (χ2n) is 3.80. The molecule has 1 aromatic carbocycles. The molecule has 1 aromatic rings. The zero-order valence-corrected chi connectivity index (χ0v) is 8.87. The maximum Gasteiger partial charge on any atom is 0.222 e. The Labute approximate surface area is 92.6 Å². The Balaban J connectivity index is 2.35. The van der Waals surface area contributed by atoms with Gasteiger partial charge < -0.3 is 15.8 Å². The first-order valence-electron chi connectivity index (χ1n) is 5.00. The highest BCUT2D eigenvalue weighted by Gasteiger charge is 2.32. The van der Waals surface area contributed by atoms with Crippen LogP contribution >= 0.6 is 0 Å². The SMILES string of the molecule is COc1ccc(F)c([C@@H]2NC(=O)C[C@H]2N)c1. The van der Waals surface area contributed by atoms with Crippen LogP contribution in [0.5, 0.6) is 5.75 Å². The van der Waals surface area contributed by atoms with E-state index in [2.05, 4.69) is 5.32 Å². The number of hydrogen-bond acceptors (Lipinski definition) is 3. The summed E-state index contributed by atoms with van der Waals surface area (Å²) in [6.45, 7) is 0. The molecule has 0 spiro atoms. The van der Waals surface area contributed by atoms with Gasteiger partial charge in [-0.15, -0.1) is 0 Å². The summed E-state index contributed by atoms with van der Waals surface area (Å²) < 4.78 is 18.6. The molecule has 0 saturated carbocycles. The molecule has 0 aromatic heterocycles. The van der Waals surface area contributed by atoms with E-state index in [0.29, 0.717) is 11.3 Å². The summed E-state index contributed by atoms with van der Waals surface area (Å²) in [7, 11) is 1.50. The largest absolute Gasteiger partial charge is 0.497 e. The fourth-order valence-corrected chi connectivity index (χ4v) is 1.87. The molecule has 0 bridgehead atoms. The molecule has 1 amide bonds. The number of halogens is 1. The Morgan fingerprint density at radius 3 is 2.88 bits per heavy atom. The summed E-state index contributed by atoms with van der Waals surface area (Å²) in [5.41, 5.74) is 6.14. The normalized spacial score (nSPS) is 24.3. The lowest BCUT2D eigenvalue weighted by molar-refractivity contribution is -0.119. The van der Waals surface area contributed by atoms with Crippen LogP contribution in [0.1, 0.15) is 18.0 Å². The predicted molar refractivity (Wildman–Crippen MR) is 56.4 cm³/mol. The van der Waals surface area contributed by atoms with E-state index >= 15 is 0 Å². The lowest BCUT2D eigenvalue weighted by Crippen LogP contribution is -2.29. The minimum atomic E-state index is -0.470. The smallest absolute Gasteiger partial charge is 0.222 e. The van der Waals surface area contributed by atoms with Crippen molar-refractivity contribution in [2.45, 2.75) is 18.5 Å². The Morgan fingerprint density at radius 2 is 2.31 bits per heavy atom. The van der Waals surface area contributed by atoms with Crippen molar-refractivity contribution in [1.29, 1.82) is 0 Å². The van der Waals surface area contributed by atoms with Gasteiger partial charge in [0.25, 0.3) is 0 Å². The van der Waals surface area contributed by atoms with Gasteiger partial charge in [-0.25, -0.2) is 4.39 Å². The van der Waals surface area contributed by atoms with E-state index in [9.17, 15) is 9.18 Å². The number of amides is 1. The van der Waals surface area contributed by atoms with E-state index in [1.165, 1.54) is 19.2 Å². The van der Waals surface area contributed by atoms with Crippen LogP contribution in [0.4, 0.5) is 4.39 Å². The van der Waals surface area contributed by atoms with Gasteiger partial charge >= 0.3 is 0 Å². The third kappa shape index (κ3) is 1.86. The standard InChI is InChI=1S/C11H13FN2O2/c1-16-6-2-3-8(12)7(4-6)11-9(13)5-10(15)14-11/h2-4,9,11H,5,13H2,1H3,(H,14,15)/t9-,11+/m1/s1. The van der Waals surface area contributed by atoms with Gasteiger partial charge in [-0.3, -0.25) is 4.79 Å². The summed E-state index contributed by atoms with van der Waals surface area (Å²) >= 11 is 0. The van der Waals surface area contributed by atoms with E-state index < -0.39 is 12.1 Å². The van der Waals surface area contributed by atoms with Crippen LogP contribution in [0.2, 0.25) is 0 Å². The van der Waals surface area contributed by atoms with Crippen molar-refractivity contribution in [1.82, 2.24) is 5.32 Å². The van der Waals surface area contributed by atoms with Gasteiger partial charge in [0, 0.05) is 18.0 Å². The van der Waals surface area contributed by atoms with Crippen molar-refractivity contribution < 1.29 is 13.9 Å². The van der Waals surface area contributed by atoms with Gasteiger partial charge in [0.15, 0.2) is 0 Å². The molecule has 5 heteroatoms. The molecular weight excluding hydrogens is 211 g/mol. The molecule has 1 fully saturated rings. The van der Waals surface area contributed by atoms with E-state index in [1.807, 2.05) is 0 Å². The molecule has 16 heavy (non-hydrogen) atoms. The molecule has 1 saturated heterocycles. The fraction of sp³-hybridized carbons (Fsp3) is 0.364. The molecule has 1 aliphatic rings. The molecule has 1 heterocycles. The van der Waals surface area contributed by atoms with Crippen LogP contribution in [0.15, 0.2) is 18.2 Å². The van der Waals surface area contributed by atoms with Crippen molar-refractivity contribution in [3.8, 4) is 5.75 Å². The van der Waals surface area contributed by atoms with Crippen molar-refractivity contribution in [2.75, 3.05) is 7.11 Å². The number of benzene rings is 1. The number of hydrogen-bond donors (Lipinski definition) is 2. The molecule has 1 aliphatic heterocycles. The minimum absolute atomic E-state index is 0.153. The van der Waals surface area contributed by atoms with E-state index in [4.69, 9.17) is 10.5 Å². The number of ether oxygens (including phenoxy) is 1. The van der Waals surface area contributed by atoms with Gasteiger partial charge in [-0.05, 0) is 18.2 Å². The minimum Gasteiger partial charge on any atom is -0.497 e. The zero-order valence-electron chi connectivity index (χ0n) is 8.87. The van der Waals surface area contributed by atoms with Crippen molar-refractivity contribution in [3.63, 3.8) is 0 Å². The Bertz CT molecular complexity index is 422. The van der Waals surface area contributed by atoms with E-state index in [1.54, 1.807) is 6.07 Å². The number of nitrogens with one attached hydrogen (secondary N) is 1. The molecule has 0 unspecified atom stereocenters. The first kappa shape index (κ1) is 10.9. The third-order valence-electron chi connectivity index (χ3n) is 2.70. The average molecular weight is 224 g/mol. The monoisotopic (exact) mass is 224 g/mol. The summed E-state index contributed by atoms with van der Waals surface area (Å²) in [6.07, 6.45) is 0.224. The van der Waals surface area contributed by atoms with Crippen LogP contribution in [0.3, 0.4) is 0 Å². The molecule has 0 radical (unpaired) electrons. The van der Waals surface area contributed by atoms with Crippen molar-refractivity contribution in [2.24, 2.45) is 5.73 Å². The third-order valence-corrected chi connectivity index (χ3v) is 2.70. The zero-order chi connectivity index (χ0) is 11.7. The van der Waals surface area contributed by atoms with Gasteiger partial charge in [0.2, 0.25) is 5.91 Å². The highest BCUT2D eigenvalue weighted by molar-refractivity contribution is 5.80. The maximum absolute atomic E-state index is 13.6. The number of carbonyl (C=O) groups is 1. The van der Waals surface area contributed by atoms with Crippen LogP contribution in [0.25, 0.3) is 0 Å². The Morgan fingerprint density at radius 1 is 1.56 bits per heavy atom. The number of rotatable bonds is 2. The number of carbonyl (C=O) groups excluding carboxylic acids is 1. The molecular formula is C11H13FN2O2. The van der Waals surface area contributed by atoms with Crippen LogP contribution in [-0.2, 0) is 4.79 Å². The molecule has 3 N–H and O–H groups in total. The summed E-state index contributed by atoms with van der Waals surface area (Å²) in [5, 5.41) is 2.65. The second-order valence-corrected chi connectivity index (χ2v) is 3.80. The first-order valence-corrected chi connectivity index (χ1v) is 5.00. The second kappa shape index (κ2) is 4.09. The van der Waals surface area contributed by atoms with Gasteiger partial charge in [0.05, 0.1) is 13.2 Å². The summed E-state index contributed by atoms with van der Waals surface area (Å²) in [4.78, 5) is 11.2. The number of nitrogens with two attached hydrogens (primary N) is 1. The van der Waals surface area contributed by atoms with Crippen LogP contribution in [0, 0.1) is 5.82 Å².